The third kappa shape index (κ3) is 3.50. The topological polar surface area (TPSA) is 70.3 Å². The number of rotatable bonds is 4. The van der Waals surface area contributed by atoms with E-state index >= 15 is 0 Å². The van der Waals surface area contributed by atoms with E-state index in [4.69, 9.17) is 26.7 Å². The van der Waals surface area contributed by atoms with Crippen molar-refractivity contribution in [1.82, 2.24) is 0 Å². The standard InChI is InChI=1S/C15H9ClFNO3/c16-10-2-4-14(21-8-15(19)20)12(6-10)11-5-9(7-18)1-3-13(11)17/h1-6H,8H2,(H,19,20). The largest absolute Gasteiger partial charge is 0.481 e. The molecule has 0 aliphatic carbocycles. The van der Waals surface area contributed by atoms with Gasteiger partial charge in [-0.3, -0.25) is 0 Å². The first-order valence-corrected chi connectivity index (χ1v) is 6.23. The molecule has 2 aromatic carbocycles. The van der Waals surface area contributed by atoms with E-state index in [2.05, 4.69) is 0 Å². The molecule has 0 bridgehead atoms. The molecule has 106 valence electrons. The Kier molecular flexibility index (Phi) is 4.41. The fourth-order valence-corrected chi connectivity index (χ4v) is 1.95. The van der Waals surface area contributed by atoms with Crippen LogP contribution in [0.4, 0.5) is 4.39 Å². The first-order chi connectivity index (χ1) is 10.0. The number of nitrogens with zero attached hydrogens (tertiary/aromatic N) is 1. The number of nitriles is 1. The van der Waals surface area contributed by atoms with Gasteiger partial charge in [-0.25, -0.2) is 9.18 Å². The molecule has 0 saturated carbocycles. The molecule has 0 aromatic heterocycles. The number of hydrogen-bond donors (Lipinski definition) is 1. The summed E-state index contributed by atoms with van der Waals surface area (Å²) in [4.78, 5) is 10.6. The van der Waals surface area contributed by atoms with Crippen LogP contribution in [0.25, 0.3) is 11.1 Å². The Bertz CT molecular complexity index is 740. The molecule has 0 radical (unpaired) electrons. The molecule has 0 aliphatic heterocycles. The molecule has 0 saturated heterocycles. The third-order valence-electron chi connectivity index (χ3n) is 2.68. The smallest absolute Gasteiger partial charge is 0.341 e. The van der Waals surface area contributed by atoms with Gasteiger partial charge in [0.25, 0.3) is 0 Å². The van der Waals surface area contributed by atoms with E-state index < -0.39 is 18.4 Å². The number of carboxylic acid groups (broad SMARTS) is 1. The molecule has 4 nitrogen and oxygen atoms in total. The van der Waals surface area contributed by atoms with Crippen molar-refractivity contribution in [2.45, 2.75) is 0 Å². The average molecular weight is 306 g/mol. The maximum atomic E-state index is 14.0. The second-order valence-corrected chi connectivity index (χ2v) is 4.57. The van der Waals surface area contributed by atoms with Crippen LogP contribution in [0.3, 0.4) is 0 Å². The summed E-state index contributed by atoms with van der Waals surface area (Å²) in [6.07, 6.45) is 0. The molecule has 0 unspecified atom stereocenters. The fraction of sp³-hybridized carbons (Fsp3) is 0.0667. The van der Waals surface area contributed by atoms with Crippen molar-refractivity contribution in [2.24, 2.45) is 0 Å². The predicted molar refractivity (Wildman–Crippen MR) is 74.7 cm³/mol. The van der Waals surface area contributed by atoms with Gasteiger partial charge in [-0.1, -0.05) is 11.6 Å². The molecular formula is C15H9ClFNO3. The SMILES string of the molecule is N#Cc1ccc(F)c(-c2cc(Cl)ccc2OCC(=O)O)c1. The van der Waals surface area contributed by atoms with Crippen LogP contribution in [0, 0.1) is 17.1 Å². The van der Waals surface area contributed by atoms with Crippen LogP contribution in [0.2, 0.25) is 5.02 Å². The minimum absolute atomic E-state index is 0.122. The first-order valence-electron chi connectivity index (χ1n) is 5.85. The highest BCUT2D eigenvalue weighted by Gasteiger charge is 2.13. The van der Waals surface area contributed by atoms with Gasteiger partial charge in [-0.05, 0) is 36.4 Å². The van der Waals surface area contributed by atoms with Crippen LogP contribution in [0.1, 0.15) is 5.56 Å². The minimum atomic E-state index is -1.15. The van der Waals surface area contributed by atoms with Crippen LogP contribution in [0.15, 0.2) is 36.4 Å². The zero-order valence-electron chi connectivity index (χ0n) is 10.6. The molecule has 0 heterocycles. The minimum Gasteiger partial charge on any atom is -0.481 e. The highest BCUT2D eigenvalue weighted by Crippen LogP contribution is 2.34. The van der Waals surface area contributed by atoms with Crippen LogP contribution in [-0.2, 0) is 4.79 Å². The van der Waals surface area contributed by atoms with Gasteiger partial charge in [-0.15, -0.1) is 0 Å². The lowest BCUT2D eigenvalue weighted by Crippen LogP contribution is -2.10. The van der Waals surface area contributed by atoms with Gasteiger partial charge in [0.05, 0.1) is 11.6 Å². The van der Waals surface area contributed by atoms with Gasteiger partial charge in [0.1, 0.15) is 11.6 Å². The lowest BCUT2D eigenvalue weighted by atomic mass is 10.0. The van der Waals surface area contributed by atoms with E-state index in [1.165, 1.54) is 30.3 Å². The van der Waals surface area contributed by atoms with Crippen LogP contribution >= 0.6 is 11.6 Å². The number of hydrogen-bond acceptors (Lipinski definition) is 3. The molecule has 2 aromatic rings. The molecule has 6 heteroatoms. The number of halogens is 2. The number of ether oxygens (including phenoxy) is 1. The zero-order chi connectivity index (χ0) is 15.4. The third-order valence-corrected chi connectivity index (χ3v) is 2.91. The van der Waals surface area contributed by atoms with Crippen molar-refractivity contribution >= 4 is 17.6 Å². The van der Waals surface area contributed by atoms with Crippen molar-refractivity contribution < 1.29 is 19.0 Å². The summed E-state index contributed by atoms with van der Waals surface area (Å²) in [6.45, 7) is -0.561. The van der Waals surface area contributed by atoms with Gasteiger partial charge in [-0.2, -0.15) is 5.26 Å². The number of benzene rings is 2. The molecule has 0 amide bonds. The summed E-state index contributed by atoms with van der Waals surface area (Å²) < 4.78 is 19.1. The van der Waals surface area contributed by atoms with Crippen LogP contribution in [-0.4, -0.2) is 17.7 Å². The Morgan fingerprint density at radius 1 is 1.29 bits per heavy atom. The van der Waals surface area contributed by atoms with Crippen molar-refractivity contribution in [3.63, 3.8) is 0 Å². The van der Waals surface area contributed by atoms with Gasteiger partial charge < -0.3 is 9.84 Å². The van der Waals surface area contributed by atoms with Crippen LogP contribution < -0.4 is 4.74 Å². The Morgan fingerprint density at radius 2 is 2.05 bits per heavy atom. The van der Waals surface area contributed by atoms with E-state index in [0.29, 0.717) is 10.6 Å². The summed E-state index contributed by atoms with van der Waals surface area (Å²) in [5.74, 6) is -1.53. The average Bonchev–Trinajstić information content (AvgIpc) is 2.46. The molecule has 0 fully saturated rings. The second kappa shape index (κ2) is 6.25. The maximum Gasteiger partial charge on any atom is 0.341 e. The quantitative estimate of drug-likeness (QED) is 0.938. The Morgan fingerprint density at radius 3 is 2.71 bits per heavy atom. The Labute approximate surface area is 125 Å². The molecule has 0 aliphatic rings. The van der Waals surface area contributed by atoms with Crippen molar-refractivity contribution in [2.75, 3.05) is 6.61 Å². The first kappa shape index (κ1) is 14.8. The number of carbonyl (C=O) groups is 1. The molecule has 2 rings (SSSR count). The van der Waals surface area contributed by atoms with Gasteiger partial charge in [0.2, 0.25) is 0 Å². The zero-order valence-corrected chi connectivity index (χ0v) is 11.4. The molecular weight excluding hydrogens is 297 g/mol. The van der Waals surface area contributed by atoms with Gasteiger partial charge in [0.15, 0.2) is 6.61 Å². The number of carboxylic acids is 1. The molecule has 0 spiro atoms. The van der Waals surface area contributed by atoms with E-state index in [1.54, 1.807) is 0 Å². The van der Waals surface area contributed by atoms with E-state index in [1.807, 2.05) is 6.07 Å². The molecule has 1 N–H and O–H groups in total. The van der Waals surface area contributed by atoms with E-state index in [9.17, 15) is 9.18 Å². The monoisotopic (exact) mass is 305 g/mol. The summed E-state index contributed by atoms with van der Waals surface area (Å²) in [7, 11) is 0. The molecule has 21 heavy (non-hydrogen) atoms. The van der Waals surface area contributed by atoms with Crippen LogP contribution in [0.5, 0.6) is 5.75 Å². The lowest BCUT2D eigenvalue weighted by molar-refractivity contribution is -0.139. The van der Waals surface area contributed by atoms with E-state index in [-0.39, 0.29) is 16.9 Å². The summed E-state index contributed by atoms with van der Waals surface area (Å²) in [5.41, 5.74) is 0.686. The highest BCUT2D eigenvalue weighted by atomic mass is 35.5. The Hall–Kier alpha value is -2.58. The Balaban J connectivity index is 2.54. The van der Waals surface area contributed by atoms with Crippen molar-refractivity contribution in [1.29, 1.82) is 5.26 Å². The highest BCUT2D eigenvalue weighted by molar-refractivity contribution is 6.31. The van der Waals surface area contributed by atoms with Gasteiger partial charge >= 0.3 is 5.97 Å². The summed E-state index contributed by atoms with van der Waals surface area (Å²) in [6, 6.07) is 10.2. The lowest BCUT2D eigenvalue weighted by Gasteiger charge is -2.12. The van der Waals surface area contributed by atoms with Gasteiger partial charge in [0, 0.05) is 16.1 Å². The van der Waals surface area contributed by atoms with Crippen molar-refractivity contribution in [3.05, 3.63) is 52.8 Å². The number of aliphatic carboxylic acids is 1. The maximum absolute atomic E-state index is 14.0. The molecule has 0 atom stereocenters. The predicted octanol–water partition coefficient (Wildman–Crippen LogP) is 3.48. The summed E-state index contributed by atoms with van der Waals surface area (Å²) >= 11 is 5.90. The second-order valence-electron chi connectivity index (χ2n) is 4.13. The van der Waals surface area contributed by atoms with Crippen molar-refractivity contribution in [3.8, 4) is 22.9 Å². The normalized spacial score (nSPS) is 9.95. The van der Waals surface area contributed by atoms with E-state index in [0.717, 1.165) is 6.07 Å². The summed E-state index contributed by atoms with van der Waals surface area (Å²) in [5, 5.41) is 17.9. The fourth-order valence-electron chi connectivity index (χ4n) is 1.78.